The van der Waals surface area contributed by atoms with Crippen LogP contribution in [0.2, 0.25) is 0 Å². The number of aryl methyl sites for hydroxylation is 1. The van der Waals surface area contributed by atoms with Crippen LogP contribution in [0.3, 0.4) is 0 Å². The molecule has 23 nitrogen and oxygen atoms in total. The van der Waals surface area contributed by atoms with Crippen molar-refractivity contribution in [1.82, 2.24) is 41.3 Å². The van der Waals surface area contributed by atoms with Gasteiger partial charge in [-0.3, -0.25) is 65.0 Å². The van der Waals surface area contributed by atoms with Crippen LogP contribution >= 0.6 is 0 Å². The molecule has 10 N–H and O–H groups in total. The van der Waals surface area contributed by atoms with Gasteiger partial charge in [0.05, 0.1) is 25.7 Å². The summed E-state index contributed by atoms with van der Waals surface area (Å²) >= 11 is 0. The zero-order valence-electron chi connectivity index (χ0n) is 80.3. The molecule has 32 heteroatoms. The van der Waals surface area contributed by atoms with Gasteiger partial charge in [-0.1, -0.05) is 208 Å². The highest BCUT2D eigenvalue weighted by Gasteiger charge is 2.43. The molecule has 4 aromatic rings. The first-order valence-corrected chi connectivity index (χ1v) is 46.9. The van der Waals surface area contributed by atoms with E-state index in [1.54, 1.807) is 56.0 Å². The standard InChI is InChI=1S/C26H39N3O4.C26H40N2O3.C25H38N2O4.C21H31N3O2.CH4.BF3.BF2.BF/c1-16(2)21(12-17-8-6-7-9-17)28-24(31)22-14-18-10-11-19(23(27)30)13-20(18)15-29(22)25(32)33-26(3,4)5;1-17(2)22(14-19-9-7-8-10-19)27-24(29)23-15-20-12-11-18(3)13-21(20)16-28(23)25(30)31-26(4,5)6;1-16(2)21(12-17-8-6-7-9-17)26-23(29)22-14-18-10-11-20(28)13-19(18)15-27(22)24(30)31-25(3,4)5;1-13(2)18(9-14-5-3-4-6-14)24-21(26)19-11-15-7-8-16(20(22)25)10-17(15)12-23-19;;2-1(3)4;2-1-3;1-2/h10-11,13,16-17,21-22H,6-9,12,14-15H2,1-5H3,(H2,27,30)(H,28,31);11-13,17,19,22-23H,7-10,14-16H2,1-6H3,(H,27,29);10-11,13,16-17,21-22,28H,6-9,12,14-15H2,1-5H3,(H,26,29);7-8,10,13-14,18-19,23H,3-6,9,11-12H2,1-2H3,(H2,22,25)(H,24,26);1H4;;;/t21-,22-;22-,23-;21-,22-;18-,19-;;;;/m1111..../s1. The van der Waals surface area contributed by atoms with Crippen LogP contribution in [0.1, 0.15) is 324 Å². The van der Waals surface area contributed by atoms with E-state index in [1.807, 2.05) is 72.7 Å². The number of carbonyl (C=O) groups excluding carboxylic acids is 9. The second-order valence-electron chi connectivity index (χ2n) is 40.9. The summed E-state index contributed by atoms with van der Waals surface area (Å²) in [6.07, 6.45) is 25.0. The molecule has 4 aromatic carbocycles. The lowest BCUT2D eigenvalue weighted by molar-refractivity contribution is -0.128. The van der Waals surface area contributed by atoms with Crippen LogP contribution in [0.15, 0.2) is 72.8 Å². The molecule has 4 heterocycles. The van der Waals surface area contributed by atoms with E-state index in [0.29, 0.717) is 91.3 Å². The number of ether oxygens (including phenoxy) is 3. The fourth-order valence-corrected chi connectivity index (χ4v) is 18.6. The lowest BCUT2D eigenvalue weighted by Gasteiger charge is -2.38. The van der Waals surface area contributed by atoms with Gasteiger partial charge in [-0.25, -0.2) is 14.4 Å². The number of benzene rings is 4. The number of nitrogens with one attached hydrogen (secondary N) is 5. The minimum atomic E-state index is -3.67. The molecule has 4 aliphatic carbocycles. The number of nitrogens with two attached hydrogens (primary N) is 2. The third-order valence-corrected chi connectivity index (χ3v) is 25.8. The Labute approximate surface area is 779 Å². The van der Waals surface area contributed by atoms with Crippen LogP contribution in [0.5, 0.6) is 5.75 Å². The number of primary amides is 2. The summed E-state index contributed by atoms with van der Waals surface area (Å²) < 4.78 is 73.9. The number of rotatable bonds is 22. The molecule has 4 aliphatic heterocycles. The lowest BCUT2D eigenvalue weighted by atomic mass is 9.89. The zero-order valence-corrected chi connectivity index (χ0v) is 80.3. The third kappa shape index (κ3) is 37.1. The predicted octanol–water partition coefficient (Wildman–Crippen LogP) is 18.9. The number of phenolic OH excluding ortho intramolecular Hbond substituents is 1. The van der Waals surface area contributed by atoms with Crippen molar-refractivity contribution in [2.75, 3.05) is 0 Å². The highest BCUT2D eigenvalue weighted by atomic mass is 19.4. The average Bonchev–Trinajstić information content (AvgIpc) is 1.51. The number of hydrogen-bond acceptors (Lipinski definition) is 14. The Hall–Kier alpha value is -8.96. The van der Waals surface area contributed by atoms with E-state index in [4.69, 9.17) is 30.0 Å². The van der Waals surface area contributed by atoms with Crippen molar-refractivity contribution in [2.24, 2.45) is 58.8 Å². The maximum atomic E-state index is 13.5. The fourth-order valence-electron chi connectivity index (χ4n) is 18.6. The smallest absolute Gasteiger partial charge is 0.508 e. The quantitative estimate of drug-likeness (QED) is 0.0206. The molecule has 9 amide bonds. The number of phenols is 1. The molecular formula is C99H152B3F6N10O13. The zero-order chi connectivity index (χ0) is 96.8. The second-order valence-corrected chi connectivity index (χ2v) is 40.9. The molecule has 0 spiro atoms. The van der Waals surface area contributed by atoms with Gasteiger partial charge >= 0.3 is 41.8 Å². The Bertz CT molecular complexity index is 4180. The first kappa shape index (κ1) is 113. The fraction of sp³-hybridized carbons (Fsp3) is 0.667. The van der Waals surface area contributed by atoms with Crippen molar-refractivity contribution in [3.05, 3.63) is 134 Å². The number of carbonyl (C=O) groups is 9. The van der Waals surface area contributed by atoms with Gasteiger partial charge in [0.1, 0.15) is 40.7 Å². The minimum absolute atomic E-state index is 0. The molecule has 4 saturated carbocycles. The number of nitrogens with zero attached hydrogens (tertiary/aromatic N) is 3. The van der Waals surface area contributed by atoms with Gasteiger partial charge in [-0.05, 0) is 230 Å². The van der Waals surface area contributed by atoms with Gasteiger partial charge in [0.25, 0.3) is 0 Å². The minimum Gasteiger partial charge on any atom is -0.508 e. The van der Waals surface area contributed by atoms with Gasteiger partial charge in [-0.15, -0.1) is 0 Å². The Balaban J connectivity index is 0.000000299. The van der Waals surface area contributed by atoms with Crippen LogP contribution in [0.4, 0.5) is 40.3 Å². The highest BCUT2D eigenvalue weighted by molar-refractivity contribution is 6.33. The molecule has 0 unspecified atom stereocenters. The van der Waals surface area contributed by atoms with Crippen molar-refractivity contribution in [3.63, 3.8) is 0 Å². The molecule has 0 bridgehead atoms. The van der Waals surface area contributed by atoms with Gasteiger partial charge in [-0.2, -0.15) is 0 Å². The van der Waals surface area contributed by atoms with Crippen molar-refractivity contribution < 1.29 is 88.4 Å². The Morgan fingerprint density at radius 3 is 0.985 bits per heavy atom. The molecule has 0 saturated heterocycles. The van der Waals surface area contributed by atoms with E-state index >= 15 is 0 Å². The van der Waals surface area contributed by atoms with Crippen molar-refractivity contribution in [1.29, 1.82) is 0 Å². The molecule has 8 aliphatic rings. The van der Waals surface area contributed by atoms with Crippen LogP contribution in [0, 0.1) is 54.3 Å². The largest absolute Gasteiger partial charge is 0.762 e. The molecular weight excluding hydrogens is 1680 g/mol. The van der Waals surface area contributed by atoms with Crippen molar-refractivity contribution in [3.8, 4) is 5.75 Å². The predicted molar refractivity (Wildman–Crippen MR) is 505 cm³/mol. The summed E-state index contributed by atoms with van der Waals surface area (Å²) in [5.74, 6) is 3.18. The Morgan fingerprint density at radius 2 is 0.695 bits per heavy atom. The van der Waals surface area contributed by atoms with Crippen LogP contribution in [-0.2, 0) is 85.3 Å². The molecule has 4 fully saturated rings. The molecule has 131 heavy (non-hydrogen) atoms. The van der Waals surface area contributed by atoms with Crippen molar-refractivity contribution in [2.45, 2.75) is 377 Å². The normalized spacial score (nSPS) is 19.3. The SMILES string of the molecule is C.CC(C)[C@@H](CC1CCCC1)NC(=O)[C@H]1Cc2ccc(C(N)=O)cc2CN1.CC(C)[C@@H](CC1CCCC1)NC(=O)[C@H]1Cc2ccc(C(N)=O)cc2CN1C(=O)OC(C)(C)C.CC(C)[C@@H](CC1CCCC1)NC(=O)[C@H]1Cc2ccc(O)cc2CN1C(=O)OC(C)(C)C.Cc1ccc2c(c1)CN(C(=O)OC(C)(C)C)[C@@H](C(=O)N[C@H](CC1CCCC1)C(C)C)C2.FB(F)F.F[B]F.[B]F. The van der Waals surface area contributed by atoms with Crippen LogP contribution < -0.4 is 38.1 Å². The highest BCUT2D eigenvalue weighted by Crippen LogP contribution is 2.38. The number of amides is 9. The molecule has 727 valence electrons. The summed E-state index contributed by atoms with van der Waals surface area (Å²) in [4.78, 5) is 120. The molecule has 3 radical (unpaired) electrons. The summed E-state index contributed by atoms with van der Waals surface area (Å²) in [6, 6.07) is 20.6. The van der Waals surface area contributed by atoms with E-state index in [2.05, 4.69) is 108 Å². The number of hydrogen-bond donors (Lipinski definition) is 8. The number of halogens is 6. The Morgan fingerprint density at radius 1 is 0.435 bits per heavy atom. The maximum Gasteiger partial charge on any atom is 0.762 e. The van der Waals surface area contributed by atoms with Gasteiger partial charge in [0, 0.05) is 61.1 Å². The van der Waals surface area contributed by atoms with E-state index in [-0.39, 0.29) is 80.1 Å². The Kier molecular flexibility index (Phi) is 45.7. The van der Waals surface area contributed by atoms with Crippen LogP contribution in [0.25, 0.3) is 0 Å². The third-order valence-electron chi connectivity index (χ3n) is 25.8. The monoisotopic (exact) mass is 1840 g/mol. The van der Waals surface area contributed by atoms with Gasteiger partial charge in [0.15, 0.2) is 0 Å². The summed E-state index contributed by atoms with van der Waals surface area (Å²) in [7, 11) is -1.67. The van der Waals surface area contributed by atoms with E-state index in [9.17, 15) is 69.8 Å². The summed E-state index contributed by atoms with van der Waals surface area (Å²) in [6.45, 7) is 37.2. The first-order chi connectivity index (χ1) is 61.1. The van der Waals surface area contributed by atoms with Gasteiger partial charge < -0.3 is 61.7 Å². The molecule has 12 rings (SSSR count). The van der Waals surface area contributed by atoms with E-state index in [0.717, 1.165) is 81.7 Å². The lowest BCUT2D eigenvalue weighted by Crippen LogP contribution is -2.56. The number of fused-ring (bicyclic) bond motifs is 4. The number of aromatic hydroxyl groups is 1. The first-order valence-electron chi connectivity index (χ1n) is 46.9. The summed E-state index contributed by atoms with van der Waals surface area (Å²) in [5, 5.41) is 26.3. The second kappa shape index (κ2) is 53.2. The van der Waals surface area contributed by atoms with Gasteiger partial charge in [0.2, 0.25) is 35.4 Å². The maximum absolute atomic E-state index is 13.5. The molecule has 0 aromatic heterocycles. The van der Waals surface area contributed by atoms with Crippen molar-refractivity contribution >= 4 is 77.2 Å². The molecule has 8 atom stereocenters. The summed E-state index contributed by atoms with van der Waals surface area (Å²) in [5.41, 5.74) is 18.9. The average molecular weight is 1840 g/mol. The van der Waals surface area contributed by atoms with E-state index < -0.39 is 80.4 Å². The van der Waals surface area contributed by atoms with Crippen LogP contribution in [-0.4, -0.2) is 162 Å². The van der Waals surface area contributed by atoms with E-state index in [1.165, 1.54) is 113 Å². The topological polar surface area (TPSA) is 323 Å².